The van der Waals surface area contributed by atoms with E-state index in [1.165, 1.54) is 0 Å². The standard InChI is InChI=1S/C21H27N3O2/c1-13-8-7-11-18(16(13)4)23-17(5)21(26)22-12-19(25)24-20-14(2)9-6-10-15(20)3/h6-11,17,23H,12H2,1-5H3,(H,22,26)(H,24,25)/t17-/m1/s1. The van der Waals surface area contributed by atoms with Gasteiger partial charge < -0.3 is 16.0 Å². The quantitative estimate of drug-likeness (QED) is 0.745. The lowest BCUT2D eigenvalue weighted by Gasteiger charge is -2.18. The molecule has 3 N–H and O–H groups in total. The van der Waals surface area contributed by atoms with E-state index in [2.05, 4.69) is 16.0 Å². The topological polar surface area (TPSA) is 70.2 Å². The highest BCUT2D eigenvalue weighted by atomic mass is 16.2. The maximum Gasteiger partial charge on any atom is 0.243 e. The summed E-state index contributed by atoms with van der Waals surface area (Å²) in [7, 11) is 0. The van der Waals surface area contributed by atoms with E-state index in [0.29, 0.717) is 0 Å². The second kappa shape index (κ2) is 8.52. The van der Waals surface area contributed by atoms with Crippen LogP contribution in [-0.4, -0.2) is 24.4 Å². The molecule has 0 unspecified atom stereocenters. The molecule has 1 atom stereocenters. The van der Waals surface area contributed by atoms with E-state index in [1.54, 1.807) is 6.92 Å². The summed E-state index contributed by atoms with van der Waals surface area (Å²) < 4.78 is 0. The van der Waals surface area contributed by atoms with E-state index >= 15 is 0 Å². The van der Waals surface area contributed by atoms with Gasteiger partial charge in [-0.3, -0.25) is 9.59 Å². The van der Waals surface area contributed by atoms with E-state index in [1.807, 2.05) is 64.1 Å². The zero-order chi connectivity index (χ0) is 19.3. The number of amides is 2. The molecule has 2 rings (SSSR count). The average molecular weight is 353 g/mol. The Hall–Kier alpha value is -2.82. The Balaban J connectivity index is 1.89. The molecule has 26 heavy (non-hydrogen) atoms. The molecule has 0 radical (unpaired) electrons. The van der Waals surface area contributed by atoms with Crippen LogP contribution in [0.3, 0.4) is 0 Å². The van der Waals surface area contributed by atoms with Gasteiger partial charge in [-0.15, -0.1) is 0 Å². The van der Waals surface area contributed by atoms with Crippen molar-refractivity contribution >= 4 is 23.2 Å². The Kier molecular flexibility index (Phi) is 6.39. The van der Waals surface area contributed by atoms with Crippen LogP contribution in [0.1, 0.15) is 29.2 Å². The first-order valence-electron chi connectivity index (χ1n) is 8.76. The highest BCUT2D eigenvalue weighted by Gasteiger charge is 2.15. The summed E-state index contributed by atoms with van der Waals surface area (Å²) in [5.74, 6) is -0.461. The van der Waals surface area contributed by atoms with Gasteiger partial charge in [0, 0.05) is 11.4 Å². The van der Waals surface area contributed by atoms with Gasteiger partial charge in [0.05, 0.1) is 6.54 Å². The summed E-state index contributed by atoms with van der Waals surface area (Å²) >= 11 is 0. The molecular weight excluding hydrogens is 326 g/mol. The van der Waals surface area contributed by atoms with Gasteiger partial charge in [0.1, 0.15) is 6.04 Å². The van der Waals surface area contributed by atoms with Gasteiger partial charge in [0.2, 0.25) is 11.8 Å². The van der Waals surface area contributed by atoms with Gasteiger partial charge in [-0.05, 0) is 62.9 Å². The average Bonchev–Trinajstić information content (AvgIpc) is 2.60. The van der Waals surface area contributed by atoms with Crippen LogP contribution in [0.5, 0.6) is 0 Å². The summed E-state index contributed by atoms with van der Waals surface area (Å²) in [5.41, 5.74) is 5.99. The van der Waals surface area contributed by atoms with Crippen LogP contribution in [-0.2, 0) is 9.59 Å². The summed E-state index contributed by atoms with van der Waals surface area (Å²) in [6, 6.07) is 11.3. The van der Waals surface area contributed by atoms with E-state index in [0.717, 1.165) is 33.6 Å². The van der Waals surface area contributed by atoms with Gasteiger partial charge in [-0.1, -0.05) is 30.3 Å². The molecule has 0 saturated heterocycles. The van der Waals surface area contributed by atoms with E-state index in [-0.39, 0.29) is 18.4 Å². The third kappa shape index (κ3) is 4.85. The fourth-order valence-corrected chi connectivity index (χ4v) is 2.72. The van der Waals surface area contributed by atoms with Gasteiger partial charge >= 0.3 is 0 Å². The highest BCUT2D eigenvalue weighted by molar-refractivity contribution is 5.96. The van der Waals surface area contributed by atoms with Crippen LogP contribution in [0.4, 0.5) is 11.4 Å². The molecule has 0 saturated carbocycles. The van der Waals surface area contributed by atoms with E-state index in [4.69, 9.17) is 0 Å². The predicted molar refractivity (Wildman–Crippen MR) is 107 cm³/mol. The normalized spacial score (nSPS) is 11.6. The minimum Gasteiger partial charge on any atom is -0.374 e. The van der Waals surface area contributed by atoms with Crippen molar-refractivity contribution in [2.45, 2.75) is 40.7 Å². The third-order valence-corrected chi connectivity index (χ3v) is 4.54. The lowest BCUT2D eigenvalue weighted by molar-refractivity contribution is -0.124. The predicted octanol–water partition coefficient (Wildman–Crippen LogP) is 3.48. The first-order valence-corrected chi connectivity index (χ1v) is 8.76. The van der Waals surface area contributed by atoms with Crippen molar-refractivity contribution in [2.75, 3.05) is 17.2 Å². The number of benzene rings is 2. The molecule has 0 heterocycles. The zero-order valence-electron chi connectivity index (χ0n) is 16.1. The first kappa shape index (κ1) is 19.5. The molecule has 2 aromatic rings. The molecule has 5 nitrogen and oxygen atoms in total. The number of aryl methyl sites for hydroxylation is 3. The fourth-order valence-electron chi connectivity index (χ4n) is 2.72. The number of anilines is 2. The molecule has 0 aliphatic heterocycles. The fraction of sp³-hybridized carbons (Fsp3) is 0.333. The number of nitrogens with one attached hydrogen (secondary N) is 3. The number of hydrogen-bond donors (Lipinski definition) is 3. The molecule has 0 fully saturated rings. The molecule has 0 aliphatic carbocycles. The van der Waals surface area contributed by atoms with Gasteiger partial charge in [-0.2, -0.15) is 0 Å². The van der Waals surface area contributed by atoms with Crippen molar-refractivity contribution in [1.29, 1.82) is 0 Å². The molecular formula is C21H27N3O2. The Bertz CT molecular complexity index is 795. The maximum atomic E-state index is 12.3. The van der Waals surface area contributed by atoms with E-state index < -0.39 is 6.04 Å². The highest BCUT2D eigenvalue weighted by Crippen LogP contribution is 2.20. The molecule has 0 spiro atoms. The number of rotatable bonds is 6. The van der Waals surface area contributed by atoms with Crippen molar-refractivity contribution in [3.8, 4) is 0 Å². The molecule has 0 aliphatic rings. The van der Waals surface area contributed by atoms with Crippen LogP contribution in [0.15, 0.2) is 36.4 Å². The Morgan fingerprint density at radius 3 is 2.15 bits per heavy atom. The van der Waals surface area contributed by atoms with Crippen LogP contribution in [0.2, 0.25) is 0 Å². The van der Waals surface area contributed by atoms with Crippen LogP contribution in [0, 0.1) is 27.7 Å². The molecule has 0 bridgehead atoms. The monoisotopic (exact) mass is 353 g/mol. The number of hydrogen-bond acceptors (Lipinski definition) is 3. The van der Waals surface area contributed by atoms with Gasteiger partial charge in [-0.25, -0.2) is 0 Å². The summed E-state index contributed by atoms with van der Waals surface area (Å²) in [6.45, 7) is 9.64. The third-order valence-electron chi connectivity index (χ3n) is 4.54. The van der Waals surface area contributed by atoms with Gasteiger partial charge in [0.15, 0.2) is 0 Å². The van der Waals surface area contributed by atoms with Crippen molar-refractivity contribution in [2.24, 2.45) is 0 Å². The molecule has 2 amide bonds. The van der Waals surface area contributed by atoms with Crippen LogP contribution >= 0.6 is 0 Å². The van der Waals surface area contributed by atoms with Crippen LogP contribution in [0.25, 0.3) is 0 Å². The Morgan fingerprint density at radius 2 is 1.50 bits per heavy atom. The summed E-state index contributed by atoms with van der Waals surface area (Å²) in [6.07, 6.45) is 0. The van der Waals surface area contributed by atoms with Crippen molar-refractivity contribution in [3.63, 3.8) is 0 Å². The maximum absolute atomic E-state index is 12.3. The second-order valence-electron chi connectivity index (χ2n) is 6.65. The minimum absolute atomic E-state index is 0.0641. The Labute approximate surface area is 155 Å². The smallest absolute Gasteiger partial charge is 0.243 e. The van der Waals surface area contributed by atoms with Crippen molar-refractivity contribution < 1.29 is 9.59 Å². The second-order valence-corrected chi connectivity index (χ2v) is 6.65. The molecule has 2 aromatic carbocycles. The van der Waals surface area contributed by atoms with Crippen LogP contribution < -0.4 is 16.0 Å². The summed E-state index contributed by atoms with van der Waals surface area (Å²) in [4.78, 5) is 24.4. The zero-order valence-corrected chi connectivity index (χ0v) is 16.1. The number of para-hydroxylation sites is 1. The van der Waals surface area contributed by atoms with Gasteiger partial charge in [0.25, 0.3) is 0 Å². The largest absolute Gasteiger partial charge is 0.374 e. The Morgan fingerprint density at radius 1 is 0.923 bits per heavy atom. The number of carbonyl (C=O) groups excluding carboxylic acids is 2. The summed E-state index contributed by atoms with van der Waals surface area (Å²) in [5, 5.41) is 8.75. The molecule has 0 aromatic heterocycles. The first-order chi connectivity index (χ1) is 12.3. The lowest BCUT2D eigenvalue weighted by Crippen LogP contribution is -2.41. The van der Waals surface area contributed by atoms with Crippen molar-refractivity contribution in [1.82, 2.24) is 5.32 Å². The molecule has 5 heteroatoms. The lowest BCUT2D eigenvalue weighted by atomic mass is 10.1. The number of carbonyl (C=O) groups is 2. The van der Waals surface area contributed by atoms with Crippen molar-refractivity contribution in [3.05, 3.63) is 58.7 Å². The minimum atomic E-state index is -0.441. The van der Waals surface area contributed by atoms with E-state index in [9.17, 15) is 9.59 Å². The SMILES string of the molecule is Cc1cccc(N[C@H](C)C(=O)NCC(=O)Nc2c(C)cccc2C)c1C. The molecule has 138 valence electrons.